The average molecular weight is 408 g/mol. The number of nitrogens with zero attached hydrogens (tertiary/aromatic N) is 1. The monoisotopic (exact) mass is 407 g/mol. The van der Waals surface area contributed by atoms with Crippen molar-refractivity contribution in [1.29, 1.82) is 0 Å². The van der Waals surface area contributed by atoms with Crippen molar-refractivity contribution in [2.45, 2.75) is 59.3 Å². The highest BCUT2D eigenvalue weighted by Crippen LogP contribution is 2.51. The second-order valence-electron chi connectivity index (χ2n) is 10.5. The van der Waals surface area contributed by atoms with Crippen molar-refractivity contribution in [3.63, 3.8) is 0 Å². The minimum absolute atomic E-state index is 0.0868. The number of hydrogen-bond donors (Lipinski definition) is 0. The lowest BCUT2D eigenvalue weighted by atomic mass is 9.60. The molecule has 5 heteroatoms. The van der Waals surface area contributed by atoms with E-state index >= 15 is 0 Å². The molecule has 1 fully saturated rings. The SMILES string of the molecule is COC(=O)c1ccc([C@H]2C3=C(CC(C)(C)CC3=O)N=C3CC(C)(C)CC(=O)C32)cc1. The third-order valence-corrected chi connectivity index (χ3v) is 6.53. The average Bonchev–Trinajstić information content (AvgIpc) is 2.63. The van der Waals surface area contributed by atoms with Crippen LogP contribution in [0, 0.1) is 16.7 Å². The number of carbonyl (C=O) groups is 3. The molecule has 0 bridgehead atoms. The summed E-state index contributed by atoms with van der Waals surface area (Å²) in [5.74, 6) is -0.893. The van der Waals surface area contributed by atoms with Gasteiger partial charge in [-0.1, -0.05) is 39.8 Å². The third kappa shape index (κ3) is 3.55. The Morgan fingerprint density at radius 3 is 2.20 bits per heavy atom. The van der Waals surface area contributed by atoms with Crippen molar-refractivity contribution in [3.8, 4) is 0 Å². The van der Waals surface area contributed by atoms with Gasteiger partial charge in [0, 0.05) is 35.7 Å². The minimum atomic E-state index is -0.404. The molecule has 4 rings (SSSR count). The molecule has 1 aliphatic heterocycles. The zero-order valence-electron chi connectivity index (χ0n) is 18.4. The molecule has 2 aliphatic carbocycles. The van der Waals surface area contributed by atoms with E-state index in [9.17, 15) is 14.4 Å². The van der Waals surface area contributed by atoms with Crippen LogP contribution in [0.4, 0.5) is 0 Å². The van der Waals surface area contributed by atoms with Crippen molar-refractivity contribution >= 4 is 23.2 Å². The van der Waals surface area contributed by atoms with Gasteiger partial charge in [-0.05, 0) is 41.4 Å². The van der Waals surface area contributed by atoms with E-state index in [1.807, 2.05) is 12.1 Å². The molecular weight excluding hydrogens is 378 g/mol. The van der Waals surface area contributed by atoms with Crippen LogP contribution in [0.15, 0.2) is 40.5 Å². The largest absolute Gasteiger partial charge is 0.465 e. The number of ether oxygens (including phenoxy) is 1. The van der Waals surface area contributed by atoms with E-state index in [1.54, 1.807) is 12.1 Å². The molecule has 3 aliphatic rings. The summed E-state index contributed by atoms with van der Waals surface area (Å²) in [6.07, 6.45) is 2.43. The molecule has 0 spiro atoms. The van der Waals surface area contributed by atoms with E-state index in [0.717, 1.165) is 29.8 Å². The summed E-state index contributed by atoms with van der Waals surface area (Å²) in [6, 6.07) is 7.12. The molecule has 2 atom stereocenters. The molecule has 1 aromatic carbocycles. The molecule has 1 unspecified atom stereocenters. The number of fused-ring (bicyclic) bond motifs is 1. The van der Waals surface area contributed by atoms with Crippen LogP contribution in [0.5, 0.6) is 0 Å². The second-order valence-corrected chi connectivity index (χ2v) is 10.5. The molecule has 0 amide bonds. The van der Waals surface area contributed by atoms with Gasteiger partial charge in [-0.2, -0.15) is 0 Å². The number of esters is 1. The van der Waals surface area contributed by atoms with Crippen LogP contribution in [-0.4, -0.2) is 30.4 Å². The van der Waals surface area contributed by atoms with Crippen LogP contribution in [0.25, 0.3) is 0 Å². The molecule has 158 valence electrons. The fourth-order valence-corrected chi connectivity index (χ4v) is 5.32. The highest BCUT2D eigenvalue weighted by atomic mass is 16.5. The number of allylic oxidation sites excluding steroid dienone is 2. The summed E-state index contributed by atoms with van der Waals surface area (Å²) in [6.45, 7) is 8.39. The standard InChI is InChI=1S/C25H29NO4/c1-24(2)10-16-21(18(27)12-24)20(14-6-8-15(9-7-14)23(29)30-5)22-17(26-16)11-25(3,4)13-19(22)28/h6-9,20-21H,10-13H2,1-5H3/t20-,21?/m1/s1. The van der Waals surface area contributed by atoms with Gasteiger partial charge >= 0.3 is 5.97 Å². The van der Waals surface area contributed by atoms with Gasteiger partial charge in [0.2, 0.25) is 0 Å². The lowest BCUT2D eigenvalue weighted by Crippen LogP contribution is -2.45. The normalized spacial score (nSPS) is 27.2. The molecule has 0 N–H and O–H groups in total. The number of methoxy groups -OCH3 is 1. The molecule has 1 saturated carbocycles. The molecule has 1 heterocycles. The van der Waals surface area contributed by atoms with Gasteiger partial charge in [-0.25, -0.2) is 4.79 Å². The maximum absolute atomic E-state index is 13.3. The van der Waals surface area contributed by atoms with E-state index in [0.29, 0.717) is 24.0 Å². The Kier molecular flexibility index (Phi) is 4.83. The van der Waals surface area contributed by atoms with Gasteiger partial charge in [0.15, 0.2) is 5.78 Å². The number of carbonyl (C=O) groups excluding carboxylic acids is 3. The van der Waals surface area contributed by atoms with Crippen LogP contribution >= 0.6 is 0 Å². The van der Waals surface area contributed by atoms with Crippen LogP contribution in [0.3, 0.4) is 0 Å². The first kappa shape index (κ1) is 20.7. The van der Waals surface area contributed by atoms with Crippen LogP contribution < -0.4 is 0 Å². The van der Waals surface area contributed by atoms with Gasteiger partial charge in [-0.15, -0.1) is 0 Å². The van der Waals surface area contributed by atoms with Gasteiger partial charge in [0.05, 0.1) is 18.6 Å². The van der Waals surface area contributed by atoms with Gasteiger partial charge in [-0.3, -0.25) is 14.6 Å². The first-order valence-electron chi connectivity index (χ1n) is 10.6. The van der Waals surface area contributed by atoms with E-state index in [-0.39, 0.29) is 28.3 Å². The summed E-state index contributed by atoms with van der Waals surface area (Å²) < 4.78 is 4.80. The van der Waals surface area contributed by atoms with E-state index in [2.05, 4.69) is 27.7 Å². The summed E-state index contributed by atoms with van der Waals surface area (Å²) >= 11 is 0. The number of aliphatic imine (C=N–C) groups is 1. The second kappa shape index (κ2) is 7.00. The van der Waals surface area contributed by atoms with E-state index < -0.39 is 11.9 Å². The van der Waals surface area contributed by atoms with Crippen LogP contribution in [-0.2, 0) is 14.3 Å². The maximum Gasteiger partial charge on any atom is 0.337 e. The van der Waals surface area contributed by atoms with E-state index in [4.69, 9.17) is 9.73 Å². The summed E-state index contributed by atoms with van der Waals surface area (Å²) in [7, 11) is 1.35. The fourth-order valence-electron chi connectivity index (χ4n) is 5.32. The first-order chi connectivity index (χ1) is 14.0. The van der Waals surface area contributed by atoms with E-state index in [1.165, 1.54) is 7.11 Å². The topological polar surface area (TPSA) is 72.8 Å². The highest BCUT2D eigenvalue weighted by Gasteiger charge is 2.49. The zero-order chi connectivity index (χ0) is 21.8. The maximum atomic E-state index is 13.3. The van der Waals surface area contributed by atoms with Crippen molar-refractivity contribution in [2.24, 2.45) is 21.7 Å². The van der Waals surface area contributed by atoms with Gasteiger partial charge in [0.25, 0.3) is 0 Å². The number of ketones is 2. The third-order valence-electron chi connectivity index (χ3n) is 6.53. The van der Waals surface area contributed by atoms with Crippen molar-refractivity contribution < 1.29 is 19.1 Å². The summed E-state index contributed by atoms with van der Waals surface area (Å²) in [5, 5.41) is 0. The predicted molar refractivity (Wildman–Crippen MR) is 115 cm³/mol. The Labute approximate surface area is 177 Å². The minimum Gasteiger partial charge on any atom is -0.465 e. The lowest BCUT2D eigenvalue weighted by molar-refractivity contribution is -0.124. The number of benzene rings is 1. The Balaban J connectivity index is 1.85. The zero-order valence-corrected chi connectivity index (χ0v) is 18.4. The molecule has 30 heavy (non-hydrogen) atoms. The molecule has 1 aromatic rings. The highest BCUT2D eigenvalue weighted by molar-refractivity contribution is 6.13. The van der Waals surface area contributed by atoms with Crippen molar-refractivity contribution in [3.05, 3.63) is 46.7 Å². The Morgan fingerprint density at radius 1 is 0.933 bits per heavy atom. The molecular formula is C25H29NO4. The first-order valence-corrected chi connectivity index (χ1v) is 10.6. The number of rotatable bonds is 2. The van der Waals surface area contributed by atoms with Crippen molar-refractivity contribution in [2.75, 3.05) is 7.11 Å². The number of hydrogen-bond acceptors (Lipinski definition) is 5. The van der Waals surface area contributed by atoms with Gasteiger partial charge in [0.1, 0.15) is 5.78 Å². The molecule has 5 nitrogen and oxygen atoms in total. The van der Waals surface area contributed by atoms with Crippen LogP contribution in [0.1, 0.15) is 75.2 Å². The number of Topliss-reactive ketones (excluding diaryl/α,β-unsaturated/α-hetero) is 2. The van der Waals surface area contributed by atoms with Crippen molar-refractivity contribution in [1.82, 2.24) is 0 Å². The van der Waals surface area contributed by atoms with Crippen LogP contribution in [0.2, 0.25) is 0 Å². The smallest absolute Gasteiger partial charge is 0.337 e. The Hall–Kier alpha value is -2.56. The Bertz CT molecular complexity index is 994. The fraction of sp³-hybridized carbons (Fsp3) is 0.520. The summed E-state index contributed by atoms with van der Waals surface area (Å²) in [4.78, 5) is 43.3. The Morgan fingerprint density at radius 2 is 1.57 bits per heavy atom. The van der Waals surface area contributed by atoms with Gasteiger partial charge < -0.3 is 4.74 Å². The quantitative estimate of drug-likeness (QED) is 0.669. The predicted octanol–water partition coefficient (Wildman–Crippen LogP) is 4.66. The molecule has 0 radical (unpaired) electrons. The summed E-state index contributed by atoms with van der Waals surface area (Å²) in [5.41, 5.74) is 3.51. The molecule has 0 aromatic heterocycles. The molecule has 0 saturated heterocycles. The lowest BCUT2D eigenvalue weighted by Gasteiger charge is -2.44.